The lowest BCUT2D eigenvalue weighted by Crippen LogP contribution is -2.32. The highest BCUT2D eigenvalue weighted by Gasteiger charge is 2.07. The molecule has 0 atom stereocenters. The van der Waals surface area contributed by atoms with Gasteiger partial charge in [-0.15, -0.1) is 0 Å². The van der Waals surface area contributed by atoms with Crippen LogP contribution in [0.25, 0.3) is 0 Å². The number of benzene rings is 1. The van der Waals surface area contributed by atoms with Crippen LogP contribution >= 0.6 is 11.6 Å². The standard InChI is InChI=1S/C13H21ClN2/c1-11(2)9-16(8-7-15)10-12-3-5-13(14)6-4-12/h3-6,11H,7-10,15H2,1-2H3. The quantitative estimate of drug-likeness (QED) is 0.829. The SMILES string of the molecule is CC(C)CN(CCN)Cc1ccc(Cl)cc1. The number of halogens is 1. The molecule has 0 spiro atoms. The van der Waals surface area contributed by atoms with Crippen molar-refractivity contribution in [2.45, 2.75) is 20.4 Å². The van der Waals surface area contributed by atoms with Crippen LogP contribution in [0.5, 0.6) is 0 Å². The maximum Gasteiger partial charge on any atom is 0.0406 e. The second-order valence-corrected chi connectivity index (χ2v) is 4.98. The highest BCUT2D eigenvalue weighted by molar-refractivity contribution is 6.30. The molecule has 1 aromatic carbocycles. The lowest BCUT2D eigenvalue weighted by atomic mass is 10.1. The van der Waals surface area contributed by atoms with Crippen LogP contribution in [-0.4, -0.2) is 24.5 Å². The molecule has 0 bridgehead atoms. The van der Waals surface area contributed by atoms with E-state index in [9.17, 15) is 0 Å². The summed E-state index contributed by atoms with van der Waals surface area (Å²) in [6, 6.07) is 8.03. The Labute approximate surface area is 103 Å². The summed E-state index contributed by atoms with van der Waals surface area (Å²) in [5.41, 5.74) is 6.91. The molecule has 16 heavy (non-hydrogen) atoms. The van der Waals surface area contributed by atoms with Gasteiger partial charge >= 0.3 is 0 Å². The Hall–Kier alpha value is -0.570. The number of nitrogens with zero attached hydrogens (tertiary/aromatic N) is 1. The van der Waals surface area contributed by atoms with Crippen molar-refractivity contribution in [1.29, 1.82) is 0 Å². The summed E-state index contributed by atoms with van der Waals surface area (Å²) in [4.78, 5) is 2.38. The lowest BCUT2D eigenvalue weighted by Gasteiger charge is -2.23. The van der Waals surface area contributed by atoms with Gasteiger partial charge in [-0.25, -0.2) is 0 Å². The normalized spacial score (nSPS) is 11.4. The van der Waals surface area contributed by atoms with Crippen LogP contribution in [0.3, 0.4) is 0 Å². The van der Waals surface area contributed by atoms with E-state index in [0.717, 1.165) is 24.7 Å². The molecule has 0 amide bonds. The molecule has 0 fully saturated rings. The molecule has 2 N–H and O–H groups in total. The molecule has 0 unspecified atom stereocenters. The first-order valence-electron chi connectivity index (χ1n) is 5.78. The van der Waals surface area contributed by atoms with Gasteiger partial charge in [0.05, 0.1) is 0 Å². The van der Waals surface area contributed by atoms with Crippen molar-refractivity contribution in [3.8, 4) is 0 Å². The number of nitrogens with two attached hydrogens (primary N) is 1. The maximum atomic E-state index is 5.86. The minimum atomic E-state index is 0.666. The van der Waals surface area contributed by atoms with Crippen LogP contribution in [0.1, 0.15) is 19.4 Å². The van der Waals surface area contributed by atoms with Gasteiger partial charge in [-0.2, -0.15) is 0 Å². The first-order valence-corrected chi connectivity index (χ1v) is 6.16. The highest BCUT2D eigenvalue weighted by atomic mass is 35.5. The molecular formula is C13H21ClN2. The zero-order valence-electron chi connectivity index (χ0n) is 10.1. The molecule has 0 heterocycles. The summed E-state index contributed by atoms with van der Waals surface area (Å²) < 4.78 is 0. The van der Waals surface area contributed by atoms with Gasteiger partial charge in [0.15, 0.2) is 0 Å². The molecule has 0 aliphatic heterocycles. The Balaban J connectivity index is 2.56. The van der Waals surface area contributed by atoms with Gasteiger partial charge in [-0.1, -0.05) is 37.6 Å². The van der Waals surface area contributed by atoms with Gasteiger partial charge in [0.25, 0.3) is 0 Å². The van der Waals surface area contributed by atoms with Crippen LogP contribution in [0.15, 0.2) is 24.3 Å². The Morgan fingerprint density at radius 3 is 2.38 bits per heavy atom. The molecular weight excluding hydrogens is 220 g/mol. The fraction of sp³-hybridized carbons (Fsp3) is 0.538. The molecule has 0 saturated carbocycles. The van der Waals surface area contributed by atoms with Crippen LogP contribution < -0.4 is 5.73 Å². The van der Waals surface area contributed by atoms with Crippen molar-refractivity contribution in [3.05, 3.63) is 34.9 Å². The Bertz CT molecular complexity index is 295. The van der Waals surface area contributed by atoms with E-state index in [2.05, 4.69) is 30.9 Å². The first-order chi connectivity index (χ1) is 7.61. The van der Waals surface area contributed by atoms with Crippen molar-refractivity contribution in [3.63, 3.8) is 0 Å². The van der Waals surface area contributed by atoms with Gasteiger partial charge in [0.2, 0.25) is 0 Å². The number of rotatable bonds is 6. The molecule has 0 saturated heterocycles. The van der Waals surface area contributed by atoms with Gasteiger partial charge < -0.3 is 5.73 Å². The minimum Gasteiger partial charge on any atom is -0.329 e. The first kappa shape index (κ1) is 13.5. The highest BCUT2D eigenvalue weighted by Crippen LogP contribution is 2.12. The molecule has 1 aromatic rings. The second-order valence-electron chi connectivity index (χ2n) is 4.54. The lowest BCUT2D eigenvalue weighted by molar-refractivity contribution is 0.242. The van der Waals surface area contributed by atoms with E-state index in [1.165, 1.54) is 5.56 Å². The summed E-state index contributed by atoms with van der Waals surface area (Å²) >= 11 is 5.86. The van der Waals surface area contributed by atoms with Crippen molar-refractivity contribution in [1.82, 2.24) is 4.90 Å². The third kappa shape index (κ3) is 4.97. The Kier molecular flexibility index (Phi) is 5.81. The summed E-state index contributed by atoms with van der Waals surface area (Å²) in [7, 11) is 0. The van der Waals surface area contributed by atoms with Gasteiger partial charge in [-0.05, 0) is 23.6 Å². The predicted octanol–water partition coefficient (Wildman–Crippen LogP) is 2.76. The molecule has 3 heteroatoms. The van der Waals surface area contributed by atoms with Crippen molar-refractivity contribution in [2.75, 3.05) is 19.6 Å². The third-order valence-electron chi connectivity index (χ3n) is 2.39. The average molecular weight is 241 g/mol. The van der Waals surface area contributed by atoms with Gasteiger partial charge in [-0.3, -0.25) is 4.90 Å². The second kappa shape index (κ2) is 6.89. The Morgan fingerprint density at radius 1 is 1.25 bits per heavy atom. The van der Waals surface area contributed by atoms with Crippen molar-refractivity contribution < 1.29 is 0 Å². The fourth-order valence-electron chi connectivity index (χ4n) is 1.78. The van der Waals surface area contributed by atoms with E-state index in [0.29, 0.717) is 12.5 Å². The number of hydrogen-bond acceptors (Lipinski definition) is 2. The summed E-state index contributed by atoms with van der Waals surface area (Å²) in [6.07, 6.45) is 0. The fourth-order valence-corrected chi connectivity index (χ4v) is 1.91. The van der Waals surface area contributed by atoms with Gasteiger partial charge in [0, 0.05) is 31.2 Å². The average Bonchev–Trinajstić information content (AvgIpc) is 2.21. The van der Waals surface area contributed by atoms with Crippen molar-refractivity contribution in [2.24, 2.45) is 11.7 Å². The molecule has 90 valence electrons. The zero-order chi connectivity index (χ0) is 12.0. The van der Waals surface area contributed by atoms with E-state index in [1.807, 2.05) is 12.1 Å². The maximum absolute atomic E-state index is 5.86. The Morgan fingerprint density at radius 2 is 1.88 bits per heavy atom. The van der Waals surface area contributed by atoms with E-state index in [-0.39, 0.29) is 0 Å². The summed E-state index contributed by atoms with van der Waals surface area (Å²) in [5.74, 6) is 0.666. The monoisotopic (exact) mass is 240 g/mol. The van der Waals surface area contributed by atoms with E-state index < -0.39 is 0 Å². The minimum absolute atomic E-state index is 0.666. The molecule has 0 aromatic heterocycles. The smallest absolute Gasteiger partial charge is 0.0406 e. The third-order valence-corrected chi connectivity index (χ3v) is 2.64. The summed E-state index contributed by atoms with van der Waals surface area (Å²) in [5, 5.41) is 0.790. The number of hydrogen-bond donors (Lipinski definition) is 1. The molecule has 1 rings (SSSR count). The largest absolute Gasteiger partial charge is 0.329 e. The van der Waals surface area contributed by atoms with E-state index in [4.69, 9.17) is 17.3 Å². The van der Waals surface area contributed by atoms with Crippen LogP contribution in [0.4, 0.5) is 0 Å². The van der Waals surface area contributed by atoms with Crippen LogP contribution in [0, 0.1) is 5.92 Å². The van der Waals surface area contributed by atoms with Crippen molar-refractivity contribution >= 4 is 11.6 Å². The molecule has 0 aliphatic rings. The predicted molar refractivity (Wildman–Crippen MR) is 70.6 cm³/mol. The topological polar surface area (TPSA) is 29.3 Å². The molecule has 2 nitrogen and oxygen atoms in total. The zero-order valence-corrected chi connectivity index (χ0v) is 10.9. The van der Waals surface area contributed by atoms with Crippen LogP contribution in [-0.2, 0) is 6.54 Å². The molecule has 0 aliphatic carbocycles. The van der Waals surface area contributed by atoms with Crippen LogP contribution in [0.2, 0.25) is 5.02 Å². The van der Waals surface area contributed by atoms with E-state index in [1.54, 1.807) is 0 Å². The van der Waals surface area contributed by atoms with Gasteiger partial charge in [0.1, 0.15) is 0 Å². The summed E-state index contributed by atoms with van der Waals surface area (Å²) in [6.45, 7) is 8.14. The molecule has 0 radical (unpaired) electrons. The van der Waals surface area contributed by atoms with E-state index >= 15 is 0 Å².